The van der Waals surface area contributed by atoms with Crippen LogP contribution >= 0.6 is 0 Å². The molecule has 2 rings (SSSR count). The summed E-state index contributed by atoms with van der Waals surface area (Å²) in [5, 5.41) is 1.84. The number of piperidine rings is 1. The van der Waals surface area contributed by atoms with Crippen LogP contribution in [0.25, 0.3) is 0 Å². The summed E-state index contributed by atoms with van der Waals surface area (Å²) in [7, 11) is -3.52. The fourth-order valence-corrected chi connectivity index (χ4v) is 3.68. The predicted octanol–water partition coefficient (Wildman–Crippen LogP) is 1.72. The average Bonchev–Trinajstić information content (AvgIpc) is 2.35. The molecule has 5 nitrogen and oxygen atoms in total. The molecule has 2 unspecified atom stereocenters. The SMILES string of the molecule is CC1CCCC(C)N1NS(=O)(=O)c1ccc(N)cc1. The Morgan fingerprint density at radius 3 is 2.21 bits per heavy atom. The van der Waals surface area contributed by atoms with Crippen molar-refractivity contribution in [1.82, 2.24) is 9.84 Å². The first-order chi connectivity index (χ1) is 8.90. The molecule has 2 atom stereocenters. The number of sulfonamides is 1. The maximum absolute atomic E-state index is 12.3. The zero-order chi connectivity index (χ0) is 14.0. The molecular weight excluding hydrogens is 262 g/mol. The minimum Gasteiger partial charge on any atom is -0.399 e. The second-order valence-corrected chi connectivity index (χ2v) is 6.86. The van der Waals surface area contributed by atoms with Gasteiger partial charge in [-0.2, -0.15) is 0 Å². The van der Waals surface area contributed by atoms with Crippen LogP contribution in [-0.2, 0) is 10.0 Å². The van der Waals surface area contributed by atoms with Crippen molar-refractivity contribution in [3.63, 3.8) is 0 Å². The van der Waals surface area contributed by atoms with Gasteiger partial charge in [0.15, 0.2) is 0 Å². The van der Waals surface area contributed by atoms with Gasteiger partial charge in [-0.1, -0.05) is 6.42 Å². The fourth-order valence-electron chi connectivity index (χ4n) is 2.44. The van der Waals surface area contributed by atoms with Gasteiger partial charge in [0, 0.05) is 17.8 Å². The minimum atomic E-state index is -3.52. The number of nitrogen functional groups attached to an aromatic ring is 1. The van der Waals surface area contributed by atoms with E-state index in [9.17, 15) is 8.42 Å². The fraction of sp³-hybridized carbons (Fsp3) is 0.538. The molecule has 0 amide bonds. The predicted molar refractivity (Wildman–Crippen MR) is 75.8 cm³/mol. The average molecular weight is 283 g/mol. The van der Waals surface area contributed by atoms with E-state index in [0.29, 0.717) is 5.69 Å². The topological polar surface area (TPSA) is 75.4 Å². The highest BCUT2D eigenvalue weighted by atomic mass is 32.2. The van der Waals surface area contributed by atoms with Gasteiger partial charge in [-0.15, -0.1) is 4.83 Å². The van der Waals surface area contributed by atoms with Crippen LogP contribution in [0.2, 0.25) is 0 Å². The van der Waals surface area contributed by atoms with E-state index in [1.165, 1.54) is 12.1 Å². The first-order valence-electron chi connectivity index (χ1n) is 6.56. The Morgan fingerprint density at radius 1 is 1.16 bits per heavy atom. The van der Waals surface area contributed by atoms with E-state index in [-0.39, 0.29) is 17.0 Å². The molecule has 0 saturated carbocycles. The molecule has 106 valence electrons. The van der Waals surface area contributed by atoms with Crippen LogP contribution in [-0.4, -0.2) is 25.5 Å². The number of anilines is 1. The zero-order valence-corrected chi connectivity index (χ0v) is 12.2. The van der Waals surface area contributed by atoms with Crippen molar-refractivity contribution in [2.75, 3.05) is 5.73 Å². The second kappa shape index (κ2) is 5.48. The number of benzene rings is 1. The van der Waals surface area contributed by atoms with E-state index < -0.39 is 10.0 Å². The molecule has 1 saturated heterocycles. The Balaban J connectivity index is 2.18. The van der Waals surface area contributed by atoms with E-state index in [4.69, 9.17) is 5.73 Å². The maximum atomic E-state index is 12.3. The summed E-state index contributed by atoms with van der Waals surface area (Å²) < 4.78 is 24.6. The lowest BCUT2D eigenvalue weighted by Gasteiger charge is -2.38. The summed E-state index contributed by atoms with van der Waals surface area (Å²) in [4.78, 5) is 2.94. The molecule has 0 bridgehead atoms. The summed E-state index contributed by atoms with van der Waals surface area (Å²) >= 11 is 0. The summed E-state index contributed by atoms with van der Waals surface area (Å²) in [5.74, 6) is 0. The number of nitrogens with zero attached hydrogens (tertiary/aromatic N) is 1. The van der Waals surface area contributed by atoms with Crippen LogP contribution in [0.15, 0.2) is 29.2 Å². The van der Waals surface area contributed by atoms with Gasteiger partial charge >= 0.3 is 0 Å². The van der Waals surface area contributed by atoms with Gasteiger partial charge in [-0.25, -0.2) is 13.4 Å². The van der Waals surface area contributed by atoms with Crippen molar-refractivity contribution in [3.05, 3.63) is 24.3 Å². The van der Waals surface area contributed by atoms with Crippen LogP contribution < -0.4 is 10.6 Å². The third-order valence-electron chi connectivity index (χ3n) is 3.61. The molecule has 1 heterocycles. The number of rotatable bonds is 3. The summed E-state index contributed by atoms with van der Waals surface area (Å²) in [6.45, 7) is 4.09. The summed E-state index contributed by atoms with van der Waals surface area (Å²) in [6, 6.07) is 6.67. The van der Waals surface area contributed by atoms with Gasteiger partial charge in [0.05, 0.1) is 4.90 Å². The zero-order valence-electron chi connectivity index (χ0n) is 11.3. The van der Waals surface area contributed by atoms with Crippen molar-refractivity contribution < 1.29 is 8.42 Å². The number of hydrogen-bond donors (Lipinski definition) is 2. The Bertz CT molecular complexity index is 517. The van der Waals surface area contributed by atoms with E-state index in [1.54, 1.807) is 12.1 Å². The molecule has 0 aliphatic carbocycles. The summed E-state index contributed by atoms with van der Waals surface area (Å²) in [6.07, 6.45) is 3.16. The molecule has 1 aromatic carbocycles. The largest absolute Gasteiger partial charge is 0.399 e. The van der Waals surface area contributed by atoms with Gasteiger partial charge < -0.3 is 5.73 Å². The molecule has 0 spiro atoms. The van der Waals surface area contributed by atoms with E-state index in [1.807, 2.05) is 18.9 Å². The molecule has 1 aliphatic rings. The van der Waals surface area contributed by atoms with Crippen LogP contribution in [0, 0.1) is 0 Å². The van der Waals surface area contributed by atoms with E-state index >= 15 is 0 Å². The molecule has 19 heavy (non-hydrogen) atoms. The Hall–Kier alpha value is -1.11. The number of hydrogen-bond acceptors (Lipinski definition) is 4. The van der Waals surface area contributed by atoms with Crippen LogP contribution in [0.4, 0.5) is 5.69 Å². The normalized spacial score (nSPS) is 25.4. The first-order valence-corrected chi connectivity index (χ1v) is 8.05. The lowest BCUT2D eigenvalue weighted by Crippen LogP contribution is -2.53. The van der Waals surface area contributed by atoms with Crippen molar-refractivity contribution >= 4 is 15.7 Å². The van der Waals surface area contributed by atoms with Gasteiger partial charge in [-0.05, 0) is 51.0 Å². The standard InChI is InChI=1S/C13H21N3O2S/c1-10-4-3-5-11(2)16(10)15-19(17,18)13-8-6-12(14)7-9-13/h6-11,15H,3-5,14H2,1-2H3. The van der Waals surface area contributed by atoms with Gasteiger partial charge in [-0.3, -0.25) is 0 Å². The van der Waals surface area contributed by atoms with Gasteiger partial charge in [0.25, 0.3) is 10.0 Å². The molecule has 1 aliphatic heterocycles. The first kappa shape index (κ1) is 14.3. The van der Waals surface area contributed by atoms with E-state index in [0.717, 1.165) is 19.3 Å². The highest BCUT2D eigenvalue weighted by molar-refractivity contribution is 7.89. The quantitative estimate of drug-likeness (QED) is 0.828. The monoisotopic (exact) mass is 283 g/mol. The Morgan fingerprint density at radius 2 is 1.68 bits per heavy atom. The summed E-state index contributed by atoms with van der Waals surface area (Å²) in [5.41, 5.74) is 6.13. The van der Waals surface area contributed by atoms with Gasteiger partial charge in [0.2, 0.25) is 0 Å². The smallest absolute Gasteiger partial charge is 0.253 e. The van der Waals surface area contributed by atoms with Crippen molar-refractivity contribution in [2.45, 2.75) is 50.1 Å². The van der Waals surface area contributed by atoms with Crippen LogP contribution in [0.1, 0.15) is 33.1 Å². The maximum Gasteiger partial charge on any atom is 0.253 e. The highest BCUT2D eigenvalue weighted by Crippen LogP contribution is 2.22. The number of nitrogens with one attached hydrogen (secondary N) is 1. The van der Waals surface area contributed by atoms with Crippen molar-refractivity contribution in [1.29, 1.82) is 0 Å². The number of hydrazine groups is 1. The number of nitrogens with two attached hydrogens (primary N) is 1. The Labute approximate surface area is 114 Å². The van der Waals surface area contributed by atoms with Crippen LogP contribution in [0.5, 0.6) is 0 Å². The van der Waals surface area contributed by atoms with Crippen molar-refractivity contribution in [3.8, 4) is 0 Å². The van der Waals surface area contributed by atoms with Crippen molar-refractivity contribution in [2.24, 2.45) is 0 Å². The van der Waals surface area contributed by atoms with E-state index in [2.05, 4.69) is 4.83 Å². The lowest BCUT2D eigenvalue weighted by atomic mass is 10.0. The minimum absolute atomic E-state index is 0.215. The van der Waals surface area contributed by atoms with Gasteiger partial charge in [0.1, 0.15) is 0 Å². The molecule has 1 fully saturated rings. The highest BCUT2D eigenvalue weighted by Gasteiger charge is 2.28. The lowest BCUT2D eigenvalue weighted by molar-refractivity contribution is 0.0790. The second-order valence-electron chi connectivity index (χ2n) is 5.20. The van der Waals surface area contributed by atoms with Crippen LogP contribution in [0.3, 0.4) is 0 Å². The molecule has 0 radical (unpaired) electrons. The molecular formula is C13H21N3O2S. The molecule has 1 aromatic rings. The molecule has 0 aromatic heterocycles. The molecule has 3 N–H and O–H groups in total. The molecule has 6 heteroatoms. The Kier molecular flexibility index (Phi) is 4.13. The third kappa shape index (κ3) is 3.26. The third-order valence-corrected chi connectivity index (χ3v) is 4.95.